The normalized spacial score (nSPS) is 10.6. The van der Waals surface area contributed by atoms with E-state index in [9.17, 15) is 9.18 Å². The van der Waals surface area contributed by atoms with Crippen LogP contribution in [0.2, 0.25) is 0 Å². The fourth-order valence-corrected chi connectivity index (χ4v) is 2.49. The number of nitrogens with zero attached hydrogens (tertiary/aromatic N) is 2. The van der Waals surface area contributed by atoms with Crippen LogP contribution < -0.4 is 10.1 Å². The molecule has 0 fully saturated rings. The number of aromatic nitrogens is 2. The highest BCUT2D eigenvalue weighted by molar-refractivity contribution is 5.76. The Balaban J connectivity index is 1.47. The van der Waals surface area contributed by atoms with Crippen LogP contribution in [0.15, 0.2) is 53.1 Å². The second-order valence-corrected chi connectivity index (χ2v) is 5.85. The van der Waals surface area contributed by atoms with Gasteiger partial charge in [-0.3, -0.25) is 4.79 Å². The Morgan fingerprint density at radius 2 is 1.96 bits per heavy atom. The number of carbonyl (C=O) groups is 1. The van der Waals surface area contributed by atoms with Crippen LogP contribution in [0, 0.1) is 5.82 Å². The number of hydrogen-bond donors (Lipinski definition) is 1. The predicted molar refractivity (Wildman–Crippen MR) is 97.5 cm³/mol. The lowest BCUT2D eigenvalue weighted by molar-refractivity contribution is -0.121. The highest BCUT2D eigenvalue weighted by atomic mass is 19.1. The third kappa shape index (κ3) is 5.13. The van der Waals surface area contributed by atoms with E-state index in [1.54, 1.807) is 18.2 Å². The third-order valence-corrected chi connectivity index (χ3v) is 3.87. The van der Waals surface area contributed by atoms with Gasteiger partial charge in [-0.1, -0.05) is 29.4 Å². The number of rotatable bonds is 8. The summed E-state index contributed by atoms with van der Waals surface area (Å²) in [6.45, 7) is 2.97. The lowest BCUT2D eigenvalue weighted by atomic mass is 10.2. The van der Waals surface area contributed by atoms with Gasteiger partial charge in [0.05, 0.1) is 12.2 Å². The molecule has 3 aromatic rings. The van der Waals surface area contributed by atoms with Crippen molar-refractivity contribution in [3.8, 4) is 17.1 Å². The van der Waals surface area contributed by atoms with Gasteiger partial charge in [0.15, 0.2) is 0 Å². The quantitative estimate of drug-likeness (QED) is 0.657. The van der Waals surface area contributed by atoms with E-state index in [2.05, 4.69) is 15.5 Å². The average Bonchev–Trinajstić information content (AvgIpc) is 3.15. The monoisotopic (exact) mass is 369 g/mol. The van der Waals surface area contributed by atoms with E-state index >= 15 is 0 Å². The molecule has 0 bridgehead atoms. The van der Waals surface area contributed by atoms with Gasteiger partial charge in [-0.15, -0.1) is 0 Å². The summed E-state index contributed by atoms with van der Waals surface area (Å²) in [5, 5.41) is 6.61. The molecule has 3 rings (SSSR count). The summed E-state index contributed by atoms with van der Waals surface area (Å²) in [7, 11) is 0. The largest absolute Gasteiger partial charge is 0.494 e. The molecule has 7 heteroatoms. The number of benzene rings is 2. The Labute approximate surface area is 156 Å². The summed E-state index contributed by atoms with van der Waals surface area (Å²) in [5.41, 5.74) is 1.25. The molecule has 6 nitrogen and oxygen atoms in total. The Hall–Kier alpha value is -3.22. The van der Waals surface area contributed by atoms with Gasteiger partial charge in [-0.25, -0.2) is 4.39 Å². The van der Waals surface area contributed by atoms with Gasteiger partial charge in [0, 0.05) is 19.4 Å². The highest BCUT2D eigenvalue weighted by Gasteiger charge is 2.13. The first-order valence-electron chi connectivity index (χ1n) is 8.71. The Morgan fingerprint density at radius 1 is 1.19 bits per heavy atom. The summed E-state index contributed by atoms with van der Waals surface area (Å²) in [6.07, 6.45) is 0.493. The average molecular weight is 369 g/mol. The van der Waals surface area contributed by atoms with Crippen LogP contribution in [0.5, 0.6) is 5.75 Å². The summed E-state index contributed by atoms with van der Waals surface area (Å²) in [6, 6.07) is 13.7. The molecule has 140 valence electrons. The number of hydrogen-bond acceptors (Lipinski definition) is 5. The van der Waals surface area contributed by atoms with Crippen LogP contribution in [0.1, 0.15) is 24.8 Å². The number of halogens is 1. The maximum Gasteiger partial charge on any atom is 0.227 e. The fraction of sp³-hybridized carbons (Fsp3) is 0.250. The van der Waals surface area contributed by atoms with E-state index in [0.29, 0.717) is 19.0 Å². The van der Waals surface area contributed by atoms with E-state index in [0.717, 1.165) is 11.3 Å². The Bertz CT molecular complexity index is 893. The van der Waals surface area contributed by atoms with E-state index in [1.165, 1.54) is 6.07 Å². The number of amides is 1. The third-order valence-electron chi connectivity index (χ3n) is 3.87. The Morgan fingerprint density at radius 3 is 2.70 bits per heavy atom. The van der Waals surface area contributed by atoms with E-state index in [4.69, 9.17) is 9.26 Å². The lowest BCUT2D eigenvalue weighted by Gasteiger charge is -2.06. The van der Waals surface area contributed by atoms with Gasteiger partial charge in [0.1, 0.15) is 11.6 Å². The summed E-state index contributed by atoms with van der Waals surface area (Å²) >= 11 is 0. The van der Waals surface area contributed by atoms with Gasteiger partial charge in [-0.05, 0) is 36.8 Å². The summed E-state index contributed by atoms with van der Waals surface area (Å²) in [5.74, 6) is 0.726. The molecule has 0 aliphatic heterocycles. The molecule has 0 aliphatic carbocycles. The van der Waals surface area contributed by atoms with Crippen molar-refractivity contribution >= 4 is 5.91 Å². The van der Waals surface area contributed by atoms with Crippen LogP contribution in [0.3, 0.4) is 0 Å². The summed E-state index contributed by atoms with van der Waals surface area (Å²) < 4.78 is 24.2. The van der Waals surface area contributed by atoms with Gasteiger partial charge in [0.2, 0.25) is 17.6 Å². The molecule has 1 heterocycles. The zero-order chi connectivity index (χ0) is 19.1. The highest BCUT2D eigenvalue weighted by Crippen LogP contribution is 2.19. The second kappa shape index (κ2) is 8.93. The molecule has 1 aromatic heterocycles. The van der Waals surface area contributed by atoms with Crippen molar-refractivity contribution in [3.05, 3.63) is 65.8 Å². The van der Waals surface area contributed by atoms with Crippen molar-refractivity contribution in [2.75, 3.05) is 6.61 Å². The zero-order valence-corrected chi connectivity index (χ0v) is 14.9. The van der Waals surface area contributed by atoms with Crippen molar-refractivity contribution < 1.29 is 18.4 Å². The molecule has 0 atom stereocenters. The first-order valence-corrected chi connectivity index (χ1v) is 8.71. The fourth-order valence-electron chi connectivity index (χ4n) is 2.49. The van der Waals surface area contributed by atoms with Gasteiger partial charge < -0.3 is 14.6 Å². The molecule has 0 spiro atoms. The number of ether oxygens (including phenoxy) is 1. The maximum absolute atomic E-state index is 13.7. The van der Waals surface area contributed by atoms with Crippen molar-refractivity contribution in [1.29, 1.82) is 0 Å². The molecule has 27 heavy (non-hydrogen) atoms. The second-order valence-electron chi connectivity index (χ2n) is 5.85. The SMILES string of the molecule is CCOc1ccc(CNC(=O)CCc2nc(-c3ccccc3F)no2)cc1. The van der Waals surface area contributed by atoms with Crippen LogP contribution in [0.4, 0.5) is 4.39 Å². The van der Waals surface area contributed by atoms with E-state index < -0.39 is 5.82 Å². The van der Waals surface area contributed by atoms with Crippen molar-refractivity contribution in [1.82, 2.24) is 15.5 Å². The van der Waals surface area contributed by atoms with E-state index in [1.807, 2.05) is 31.2 Å². The van der Waals surface area contributed by atoms with Crippen LogP contribution >= 0.6 is 0 Å². The molecular formula is C20H20FN3O3. The van der Waals surface area contributed by atoms with Crippen LogP contribution in [0.25, 0.3) is 11.4 Å². The minimum absolute atomic E-state index is 0.130. The molecule has 0 radical (unpaired) electrons. The molecular weight excluding hydrogens is 349 g/mol. The van der Waals surface area contributed by atoms with Gasteiger partial charge >= 0.3 is 0 Å². The topological polar surface area (TPSA) is 77.2 Å². The number of aryl methyl sites for hydroxylation is 1. The first-order chi connectivity index (χ1) is 13.2. The first kappa shape index (κ1) is 18.6. The smallest absolute Gasteiger partial charge is 0.227 e. The number of carbonyl (C=O) groups excluding carboxylic acids is 1. The van der Waals surface area contributed by atoms with Gasteiger partial charge in [0.25, 0.3) is 0 Å². The van der Waals surface area contributed by atoms with E-state index in [-0.39, 0.29) is 30.1 Å². The maximum atomic E-state index is 13.7. The van der Waals surface area contributed by atoms with Crippen LogP contribution in [-0.4, -0.2) is 22.7 Å². The van der Waals surface area contributed by atoms with Gasteiger partial charge in [-0.2, -0.15) is 4.98 Å². The minimum Gasteiger partial charge on any atom is -0.494 e. The van der Waals surface area contributed by atoms with Crippen LogP contribution in [-0.2, 0) is 17.8 Å². The lowest BCUT2D eigenvalue weighted by Crippen LogP contribution is -2.23. The zero-order valence-electron chi connectivity index (χ0n) is 14.9. The molecule has 1 N–H and O–H groups in total. The molecule has 1 amide bonds. The molecule has 0 saturated heterocycles. The molecule has 2 aromatic carbocycles. The molecule has 0 saturated carbocycles. The van der Waals surface area contributed by atoms with Crippen molar-refractivity contribution in [2.24, 2.45) is 0 Å². The van der Waals surface area contributed by atoms with Crippen molar-refractivity contribution in [3.63, 3.8) is 0 Å². The molecule has 0 unspecified atom stereocenters. The predicted octanol–water partition coefficient (Wildman–Crippen LogP) is 3.52. The number of nitrogens with one attached hydrogen (secondary N) is 1. The van der Waals surface area contributed by atoms with Crippen molar-refractivity contribution in [2.45, 2.75) is 26.3 Å². The molecule has 0 aliphatic rings. The summed E-state index contributed by atoms with van der Waals surface area (Å²) in [4.78, 5) is 16.2. The Kier molecular flexibility index (Phi) is 6.14. The standard InChI is InChI=1S/C20H20FN3O3/c1-2-26-15-9-7-14(8-10-15)13-22-18(25)11-12-19-23-20(24-27-19)16-5-3-4-6-17(16)21/h3-10H,2,11-13H2,1H3,(H,22,25). The minimum atomic E-state index is -0.419.